The molecule has 1 saturated carbocycles. The summed E-state index contributed by atoms with van der Waals surface area (Å²) in [5.41, 5.74) is 1.14. The normalized spacial score (nSPS) is 28.2. The lowest BCUT2D eigenvalue weighted by Crippen LogP contribution is -2.08. The molecule has 2 heteroatoms. The van der Waals surface area contributed by atoms with Gasteiger partial charge in [-0.1, -0.05) is 19.8 Å². The summed E-state index contributed by atoms with van der Waals surface area (Å²) in [5, 5.41) is 12.4. The van der Waals surface area contributed by atoms with Gasteiger partial charge in [-0.05, 0) is 48.6 Å². The predicted molar refractivity (Wildman–Crippen MR) is 65.1 cm³/mol. The molecule has 0 spiro atoms. The fourth-order valence-corrected chi connectivity index (χ4v) is 3.40. The maximum Gasteiger partial charge on any atom is 0.0826 e. The maximum atomic E-state index is 10.3. The fourth-order valence-electron chi connectivity index (χ4n) is 2.66. The highest BCUT2D eigenvalue weighted by molar-refractivity contribution is 7.10. The van der Waals surface area contributed by atoms with Crippen molar-refractivity contribution < 1.29 is 5.11 Å². The molecule has 0 bridgehead atoms. The summed E-state index contributed by atoms with van der Waals surface area (Å²) in [5.74, 6) is 1.35. The van der Waals surface area contributed by atoms with Crippen molar-refractivity contribution >= 4 is 11.3 Å². The Bertz CT molecular complexity index is 318. The van der Waals surface area contributed by atoms with Crippen molar-refractivity contribution in [1.29, 1.82) is 0 Å². The highest BCUT2D eigenvalue weighted by atomic mass is 32.1. The van der Waals surface area contributed by atoms with Gasteiger partial charge in [-0.2, -0.15) is 0 Å². The van der Waals surface area contributed by atoms with Crippen LogP contribution in [-0.2, 0) is 0 Å². The average Bonchev–Trinajstić information content (AvgIpc) is 2.84. The zero-order valence-electron chi connectivity index (χ0n) is 9.57. The molecule has 0 amide bonds. The van der Waals surface area contributed by atoms with Gasteiger partial charge in [0, 0.05) is 4.88 Å². The number of aliphatic hydroxyl groups excluding tert-OH is 1. The molecule has 1 N–H and O–H groups in total. The van der Waals surface area contributed by atoms with Crippen LogP contribution < -0.4 is 0 Å². The molecule has 1 aliphatic carbocycles. The van der Waals surface area contributed by atoms with Crippen LogP contribution in [0.4, 0.5) is 0 Å². The van der Waals surface area contributed by atoms with Gasteiger partial charge in [0.25, 0.3) is 0 Å². The molecule has 0 aromatic carbocycles. The van der Waals surface area contributed by atoms with Crippen molar-refractivity contribution in [2.45, 2.75) is 45.6 Å². The Labute approximate surface area is 96.1 Å². The number of thiophene rings is 1. The summed E-state index contributed by atoms with van der Waals surface area (Å²) >= 11 is 1.74. The lowest BCUT2D eigenvalue weighted by molar-refractivity contribution is 0.109. The third-order valence-corrected chi connectivity index (χ3v) is 4.58. The van der Waals surface area contributed by atoms with E-state index >= 15 is 0 Å². The standard InChI is InChI=1S/C13H20OS/c1-3-10-4-5-11(7-10)13(14)12-6-9(2)15-8-12/h6,8,10-11,13-14H,3-5,7H2,1-2H3. The number of rotatable bonds is 3. The Morgan fingerprint density at radius 2 is 2.33 bits per heavy atom. The third-order valence-electron chi connectivity index (χ3n) is 3.70. The van der Waals surface area contributed by atoms with Crippen molar-refractivity contribution in [3.63, 3.8) is 0 Å². The first kappa shape index (κ1) is 11.2. The topological polar surface area (TPSA) is 20.2 Å². The van der Waals surface area contributed by atoms with Crippen LogP contribution in [0.5, 0.6) is 0 Å². The summed E-state index contributed by atoms with van der Waals surface area (Å²) in [6, 6.07) is 2.13. The minimum atomic E-state index is -0.216. The first-order chi connectivity index (χ1) is 7.20. The molecule has 1 heterocycles. The Hall–Kier alpha value is -0.340. The summed E-state index contributed by atoms with van der Waals surface area (Å²) < 4.78 is 0. The van der Waals surface area contributed by atoms with Crippen LogP contribution >= 0.6 is 11.3 Å². The van der Waals surface area contributed by atoms with Crippen molar-refractivity contribution in [1.82, 2.24) is 0 Å². The molecule has 0 aliphatic heterocycles. The Kier molecular flexibility index (Phi) is 3.47. The molecule has 0 saturated heterocycles. The summed E-state index contributed by atoms with van der Waals surface area (Å²) in [6.45, 7) is 4.36. The second-order valence-corrected chi connectivity index (χ2v) is 5.90. The second-order valence-electron chi connectivity index (χ2n) is 4.78. The minimum absolute atomic E-state index is 0.216. The third kappa shape index (κ3) is 2.43. The van der Waals surface area contributed by atoms with Crippen LogP contribution in [0, 0.1) is 18.8 Å². The highest BCUT2D eigenvalue weighted by Gasteiger charge is 2.29. The fraction of sp³-hybridized carbons (Fsp3) is 0.692. The maximum absolute atomic E-state index is 10.3. The van der Waals surface area contributed by atoms with Crippen molar-refractivity contribution in [3.8, 4) is 0 Å². The van der Waals surface area contributed by atoms with E-state index in [9.17, 15) is 5.11 Å². The number of aryl methyl sites for hydroxylation is 1. The van der Waals surface area contributed by atoms with E-state index in [1.807, 2.05) is 0 Å². The van der Waals surface area contributed by atoms with Crippen LogP contribution in [0.3, 0.4) is 0 Å². The highest BCUT2D eigenvalue weighted by Crippen LogP contribution is 2.40. The van der Waals surface area contributed by atoms with E-state index in [4.69, 9.17) is 0 Å². The van der Waals surface area contributed by atoms with E-state index in [0.717, 1.165) is 11.5 Å². The van der Waals surface area contributed by atoms with Crippen LogP contribution in [0.15, 0.2) is 11.4 Å². The van der Waals surface area contributed by atoms with Crippen LogP contribution in [-0.4, -0.2) is 5.11 Å². The summed E-state index contributed by atoms with van der Waals surface area (Å²) in [7, 11) is 0. The van der Waals surface area contributed by atoms with Gasteiger partial charge in [0.2, 0.25) is 0 Å². The molecule has 1 nitrogen and oxygen atoms in total. The first-order valence-electron chi connectivity index (χ1n) is 5.93. The van der Waals surface area contributed by atoms with E-state index in [1.54, 1.807) is 11.3 Å². The van der Waals surface area contributed by atoms with E-state index in [1.165, 1.54) is 30.6 Å². The molecule has 84 valence electrons. The van der Waals surface area contributed by atoms with Gasteiger partial charge in [-0.25, -0.2) is 0 Å². The van der Waals surface area contributed by atoms with Gasteiger partial charge < -0.3 is 5.11 Å². The molecular weight excluding hydrogens is 204 g/mol. The van der Waals surface area contributed by atoms with E-state index < -0.39 is 0 Å². The molecular formula is C13H20OS. The average molecular weight is 224 g/mol. The molecule has 1 aliphatic rings. The van der Waals surface area contributed by atoms with Gasteiger partial charge in [0.05, 0.1) is 6.10 Å². The Balaban J connectivity index is 2.00. The van der Waals surface area contributed by atoms with Crippen LogP contribution in [0.1, 0.15) is 49.2 Å². The molecule has 0 radical (unpaired) electrons. The lowest BCUT2D eigenvalue weighted by Gasteiger charge is -2.17. The molecule has 15 heavy (non-hydrogen) atoms. The van der Waals surface area contributed by atoms with Crippen molar-refractivity contribution in [2.75, 3.05) is 0 Å². The number of aliphatic hydroxyl groups is 1. The molecule has 2 rings (SSSR count). The monoisotopic (exact) mass is 224 g/mol. The molecule has 3 atom stereocenters. The SMILES string of the molecule is CCC1CCC(C(O)c2csc(C)c2)C1. The lowest BCUT2D eigenvalue weighted by atomic mass is 9.94. The largest absolute Gasteiger partial charge is 0.388 e. The predicted octanol–water partition coefficient (Wildman–Crippen LogP) is 3.92. The number of hydrogen-bond donors (Lipinski definition) is 1. The molecule has 3 unspecified atom stereocenters. The minimum Gasteiger partial charge on any atom is -0.388 e. The van der Waals surface area contributed by atoms with Crippen molar-refractivity contribution in [2.24, 2.45) is 11.8 Å². The smallest absolute Gasteiger partial charge is 0.0826 e. The Morgan fingerprint density at radius 1 is 1.53 bits per heavy atom. The number of hydrogen-bond acceptors (Lipinski definition) is 2. The van der Waals surface area contributed by atoms with Gasteiger partial charge in [0.1, 0.15) is 0 Å². The van der Waals surface area contributed by atoms with Gasteiger partial charge in [-0.15, -0.1) is 11.3 Å². The first-order valence-corrected chi connectivity index (χ1v) is 6.81. The van der Waals surface area contributed by atoms with Gasteiger partial charge in [-0.3, -0.25) is 0 Å². The second kappa shape index (κ2) is 4.67. The molecule has 1 aromatic rings. The van der Waals surface area contributed by atoms with E-state index in [2.05, 4.69) is 25.3 Å². The zero-order valence-corrected chi connectivity index (χ0v) is 10.4. The quantitative estimate of drug-likeness (QED) is 0.825. The molecule has 1 fully saturated rings. The van der Waals surface area contributed by atoms with E-state index in [0.29, 0.717) is 5.92 Å². The van der Waals surface area contributed by atoms with Gasteiger partial charge >= 0.3 is 0 Å². The van der Waals surface area contributed by atoms with Crippen molar-refractivity contribution in [3.05, 3.63) is 21.9 Å². The molecule has 1 aromatic heterocycles. The Morgan fingerprint density at radius 3 is 2.87 bits per heavy atom. The summed E-state index contributed by atoms with van der Waals surface area (Å²) in [6.07, 6.45) is 4.78. The van der Waals surface area contributed by atoms with Crippen LogP contribution in [0.25, 0.3) is 0 Å². The zero-order chi connectivity index (χ0) is 10.8. The van der Waals surface area contributed by atoms with Gasteiger partial charge in [0.15, 0.2) is 0 Å². The summed E-state index contributed by atoms with van der Waals surface area (Å²) in [4.78, 5) is 1.30. The van der Waals surface area contributed by atoms with Crippen LogP contribution in [0.2, 0.25) is 0 Å². The van der Waals surface area contributed by atoms with E-state index in [-0.39, 0.29) is 6.10 Å².